The Kier molecular flexibility index (Phi) is 6.58. The number of nitrogens with one attached hydrogen (secondary N) is 1. The molecule has 0 unspecified atom stereocenters. The quantitative estimate of drug-likeness (QED) is 0.465. The summed E-state index contributed by atoms with van der Waals surface area (Å²) < 4.78 is 7.29. The zero-order valence-electron chi connectivity index (χ0n) is 15.5. The lowest BCUT2D eigenvalue weighted by atomic mass is 10.1. The number of benzene rings is 2. The van der Waals surface area contributed by atoms with Crippen LogP contribution in [0.1, 0.15) is 19.3 Å². The Hall–Kier alpha value is -1.53. The van der Waals surface area contributed by atoms with Gasteiger partial charge in [0.2, 0.25) is 0 Å². The first-order valence-corrected chi connectivity index (χ1v) is 11.2. The smallest absolute Gasteiger partial charge is 0.183 e. The van der Waals surface area contributed by atoms with E-state index < -0.39 is 0 Å². The molecule has 1 aliphatic heterocycles. The second kappa shape index (κ2) is 9.31. The molecule has 7 heteroatoms. The molecule has 0 aliphatic carbocycles. The lowest BCUT2D eigenvalue weighted by molar-refractivity contribution is 0.100. The van der Waals surface area contributed by atoms with Gasteiger partial charge in [-0.05, 0) is 50.1 Å². The standard InChI is InChI=1S/C21H23Cl2N3OS/c22-17-7-6-16(14-18(17)23)27-15-8-12-26(13-9-15)11-3-10-24-21-25-19-4-1-2-5-20(19)28-21/h1-2,4-7,14-15H,3,8-13H2,(H,24,25). The van der Waals surface area contributed by atoms with Crippen LogP contribution in [0.5, 0.6) is 5.75 Å². The van der Waals surface area contributed by atoms with Crippen LogP contribution in [-0.2, 0) is 0 Å². The highest BCUT2D eigenvalue weighted by Crippen LogP contribution is 2.28. The minimum atomic E-state index is 0.245. The lowest BCUT2D eigenvalue weighted by Gasteiger charge is -2.32. The first-order chi connectivity index (χ1) is 13.7. The number of nitrogens with zero attached hydrogens (tertiary/aromatic N) is 2. The van der Waals surface area contributed by atoms with Crippen LogP contribution in [0.15, 0.2) is 42.5 Å². The summed E-state index contributed by atoms with van der Waals surface area (Å²) in [5.74, 6) is 0.799. The summed E-state index contributed by atoms with van der Waals surface area (Å²) in [6.45, 7) is 4.16. The van der Waals surface area contributed by atoms with Crippen LogP contribution in [0.25, 0.3) is 10.2 Å². The molecule has 1 saturated heterocycles. The number of anilines is 1. The Morgan fingerprint density at radius 1 is 1.11 bits per heavy atom. The molecule has 0 saturated carbocycles. The fourth-order valence-electron chi connectivity index (χ4n) is 3.44. The van der Waals surface area contributed by atoms with Crippen LogP contribution < -0.4 is 10.1 Å². The number of piperidine rings is 1. The maximum atomic E-state index is 6.06. The highest BCUT2D eigenvalue weighted by molar-refractivity contribution is 7.22. The number of thiazole rings is 1. The minimum Gasteiger partial charge on any atom is -0.490 e. The number of hydrogen-bond donors (Lipinski definition) is 1. The van der Waals surface area contributed by atoms with E-state index in [4.69, 9.17) is 27.9 Å². The Morgan fingerprint density at radius 3 is 2.71 bits per heavy atom. The maximum absolute atomic E-state index is 6.06. The lowest BCUT2D eigenvalue weighted by Crippen LogP contribution is -2.39. The molecule has 0 atom stereocenters. The minimum absolute atomic E-state index is 0.245. The van der Waals surface area contributed by atoms with Crippen LogP contribution in [-0.4, -0.2) is 42.2 Å². The summed E-state index contributed by atoms with van der Waals surface area (Å²) in [6, 6.07) is 13.7. The van der Waals surface area contributed by atoms with E-state index >= 15 is 0 Å². The van der Waals surface area contributed by atoms with Crippen molar-refractivity contribution in [1.82, 2.24) is 9.88 Å². The van der Waals surface area contributed by atoms with Gasteiger partial charge in [-0.1, -0.05) is 46.7 Å². The third-order valence-electron chi connectivity index (χ3n) is 4.95. The van der Waals surface area contributed by atoms with Gasteiger partial charge in [0.1, 0.15) is 11.9 Å². The van der Waals surface area contributed by atoms with Crippen molar-refractivity contribution in [1.29, 1.82) is 0 Å². The number of ether oxygens (including phenoxy) is 1. The first-order valence-electron chi connectivity index (χ1n) is 9.61. The van der Waals surface area contributed by atoms with Gasteiger partial charge < -0.3 is 15.0 Å². The zero-order chi connectivity index (χ0) is 19.3. The van der Waals surface area contributed by atoms with Gasteiger partial charge in [-0.3, -0.25) is 0 Å². The average molecular weight is 436 g/mol. The van der Waals surface area contributed by atoms with Gasteiger partial charge in [0, 0.05) is 25.7 Å². The van der Waals surface area contributed by atoms with Crippen molar-refractivity contribution in [3.05, 3.63) is 52.5 Å². The molecule has 2 heterocycles. The summed E-state index contributed by atoms with van der Waals surface area (Å²) in [5, 5.41) is 5.56. The van der Waals surface area contributed by atoms with E-state index in [0.29, 0.717) is 10.0 Å². The highest BCUT2D eigenvalue weighted by atomic mass is 35.5. The predicted molar refractivity (Wildman–Crippen MR) is 119 cm³/mol. The molecule has 4 nitrogen and oxygen atoms in total. The third kappa shape index (κ3) is 5.09. The molecule has 3 aromatic rings. The van der Waals surface area contributed by atoms with Gasteiger partial charge in [0.25, 0.3) is 0 Å². The Morgan fingerprint density at radius 2 is 1.93 bits per heavy atom. The Labute approximate surface area is 179 Å². The van der Waals surface area contributed by atoms with Crippen molar-refractivity contribution in [3.63, 3.8) is 0 Å². The molecule has 148 valence electrons. The molecule has 1 fully saturated rings. The second-order valence-electron chi connectivity index (χ2n) is 7.00. The van der Waals surface area contributed by atoms with Crippen LogP contribution >= 0.6 is 34.5 Å². The zero-order valence-corrected chi connectivity index (χ0v) is 17.9. The van der Waals surface area contributed by atoms with E-state index in [1.807, 2.05) is 12.1 Å². The van der Waals surface area contributed by atoms with Gasteiger partial charge >= 0.3 is 0 Å². The van der Waals surface area contributed by atoms with Gasteiger partial charge in [-0.25, -0.2) is 4.98 Å². The van der Waals surface area contributed by atoms with E-state index in [2.05, 4.69) is 33.4 Å². The fraction of sp³-hybridized carbons (Fsp3) is 0.381. The molecule has 0 amide bonds. The van der Waals surface area contributed by atoms with Crippen molar-refractivity contribution in [2.24, 2.45) is 0 Å². The first kappa shape index (κ1) is 19.8. The van der Waals surface area contributed by atoms with Gasteiger partial charge in [0.05, 0.1) is 20.3 Å². The summed E-state index contributed by atoms with van der Waals surface area (Å²) in [6.07, 6.45) is 3.42. The topological polar surface area (TPSA) is 37.4 Å². The molecule has 2 aromatic carbocycles. The number of aromatic nitrogens is 1. The van der Waals surface area contributed by atoms with Crippen molar-refractivity contribution in [2.45, 2.75) is 25.4 Å². The average Bonchev–Trinajstić information content (AvgIpc) is 3.12. The van der Waals surface area contributed by atoms with E-state index in [1.165, 1.54) is 4.70 Å². The normalized spacial score (nSPS) is 15.8. The van der Waals surface area contributed by atoms with Crippen LogP contribution in [0.3, 0.4) is 0 Å². The number of para-hydroxylation sites is 1. The number of halogens is 2. The number of hydrogen-bond acceptors (Lipinski definition) is 5. The molecular weight excluding hydrogens is 413 g/mol. The van der Waals surface area contributed by atoms with E-state index in [-0.39, 0.29) is 6.10 Å². The van der Waals surface area contributed by atoms with Gasteiger partial charge in [-0.15, -0.1) is 0 Å². The number of fused-ring (bicyclic) bond motifs is 1. The third-order valence-corrected chi connectivity index (χ3v) is 6.68. The Bertz CT molecular complexity index is 892. The van der Waals surface area contributed by atoms with Gasteiger partial charge in [0.15, 0.2) is 5.13 Å². The summed E-state index contributed by atoms with van der Waals surface area (Å²) in [5.41, 5.74) is 1.07. The second-order valence-corrected chi connectivity index (χ2v) is 8.85. The van der Waals surface area contributed by atoms with Gasteiger partial charge in [-0.2, -0.15) is 0 Å². The van der Waals surface area contributed by atoms with Crippen molar-refractivity contribution in [2.75, 3.05) is 31.5 Å². The molecule has 1 aromatic heterocycles. The largest absolute Gasteiger partial charge is 0.490 e. The van der Waals surface area contributed by atoms with E-state index in [0.717, 1.165) is 61.8 Å². The molecule has 1 N–H and O–H groups in total. The molecule has 28 heavy (non-hydrogen) atoms. The maximum Gasteiger partial charge on any atom is 0.183 e. The Balaban J connectivity index is 1.16. The molecule has 0 spiro atoms. The van der Waals surface area contributed by atoms with Crippen LogP contribution in [0.4, 0.5) is 5.13 Å². The SMILES string of the molecule is Clc1ccc(OC2CCN(CCCNc3nc4ccccc4s3)CC2)cc1Cl. The summed E-state index contributed by atoms with van der Waals surface area (Å²) in [7, 11) is 0. The van der Waals surface area contributed by atoms with Crippen molar-refractivity contribution in [3.8, 4) is 5.75 Å². The highest BCUT2D eigenvalue weighted by Gasteiger charge is 2.20. The van der Waals surface area contributed by atoms with E-state index in [1.54, 1.807) is 23.5 Å². The van der Waals surface area contributed by atoms with Crippen LogP contribution in [0, 0.1) is 0 Å². The monoisotopic (exact) mass is 435 g/mol. The summed E-state index contributed by atoms with van der Waals surface area (Å²) >= 11 is 13.7. The van der Waals surface area contributed by atoms with Crippen LogP contribution in [0.2, 0.25) is 10.0 Å². The fourth-order valence-corrected chi connectivity index (χ4v) is 4.62. The molecule has 0 radical (unpaired) electrons. The van der Waals surface area contributed by atoms with Crippen molar-refractivity contribution < 1.29 is 4.74 Å². The molecular formula is C21H23Cl2N3OS. The van der Waals surface area contributed by atoms with Crippen molar-refractivity contribution >= 4 is 49.9 Å². The molecule has 0 bridgehead atoms. The molecule has 4 rings (SSSR count). The number of likely N-dealkylation sites (tertiary alicyclic amines) is 1. The predicted octanol–water partition coefficient (Wildman–Crippen LogP) is 5.95. The van der Waals surface area contributed by atoms with E-state index in [9.17, 15) is 0 Å². The molecule has 1 aliphatic rings. The summed E-state index contributed by atoms with van der Waals surface area (Å²) in [4.78, 5) is 7.13. The number of rotatable bonds is 7.